The van der Waals surface area contributed by atoms with Gasteiger partial charge in [-0.3, -0.25) is 24.1 Å². The van der Waals surface area contributed by atoms with Gasteiger partial charge in [-0.25, -0.2) is 31.7 Å². The molecule has 0 aliphatic carbocycles. The lowest BCUT2D eigenvalue weighted by atomic mass is 9.99. The number of nitrogens with zero attached hydrogens (tertiary/aromatic N) is 5. The highest BCUT2D eigenvalue weighted by molar-refractivity contribution is 5.99. The minimum absolute atomic E-state index is 0.0528. The molecule has 276 valence electrons. The molecule has 1 saturated heterocycles. The van der Waals surface area contributed by atoms with Gasteiger partial charge in [-0.2, -0.15) is 0 Å². The number of aliphatic carboxylic acids is 1. The molecule has 1 atom stereocenters. The van der Waals surface area contributed by atoms with E-state index in [0.29, 0.717) is 43.1 Å². The molecule has 2 aromatic carbocycles. The van der Waals surface area contributed by atoms with Gasteiger partial charge >= 0.3 is 11.7 Å². The Hall–Kier alpha value is -5.64. The van der Waals surface area contributed by atoms with Gasteiger partial charge in [-0.05, 0) is 55.3 Å². The molecule has 1 amide bonds. The number of nitrogens with one attached hydrogen (secondary N) is 1. The topological polar surface area (TPSA) is 149 Å². The predicted octanol–water partition coefficient (Wildman–Crippen LogP) is 4.78. The second-order valence-electron chi connectivity index (χ2n) is 11.5. The number of amides is 1. The number of benzene rings is 2. The van der Waals surface area contributed by atoms with Gasteiger partial charge in [0.15, 0.2) is 0 Å². The Morgan fingerprint density at radius 1 is 1.02 bits per heavy atom. The molecule has 6 rings (SSSR count). The number of hydrogen-bond acceptors (Lipinski definition) is 8. The highest BCUT2D eigenvalue weighted by atomic mass is 19.3. The van der Waals surface area contributed by atoms with Gasteiger partial charge in [0.05, 0.1) is 53.3 Å². The monoisotopic (exact) mass is 726 g/mol. The number of carbonyl (C=O) groups is 2. The number of hydrogen-bond donors (Lipinski definition) is 2. The molecule has 0 spiro atoms. The Bertz CT molecular complexity index is 2190. The first-order chi connectivity index (χ1) is 24.8. The van der Waals surface area contributed by atoms with Crippen LogP contribution >= 0.6 is 0 Å². The van der Waals surface area contributed by atoms with Crippen molar-refractivity contribution in [1.82, 2.24) is 24.4 Å². The fourth-order valence-corrected chi connectivity index (χ4v) is 5.77. The van der Waals surface area contributed by atoms with Crippen molar-refractivity contribution in [3.63, 3.8) is 0 Å². The molecule has 0 bridgehead atoms. The summed E-state index contributed by atoms with van der Waals surface area (Å²) in [5.41, 5.74) is -0.0429. The number of carboxylic acid groups (broad SMARTS) is 1. The van der Waals surface area contributed by atoms with Crippen LogP contribution in [0.25, 0.3) is 27.5 Å². The minimum Gasteiger partial charge on any atom is -0.480 e. The maximum Gasteiger partial charge on any atom is 0.335 e. The average molecular weight is 727 g/mol. The standard InChI is InChI=1S/C32H28F2N6O6.C2H4F2.C2H6/c1-17-11-20(39-7-9-46-10-8-39)14-23(34)27(17)29(41)37-24(31(43)44)12-18-3-4-25(28-22(18)13-19(33)15-36-28)40-30(42)21-5-6-35-16-26(21)38(2)32(40)45;1-2(3)4;1-2/h3-6,11,13-16,24H,7-10,12H2,1-2H3,(H,37,41)(H,43,44);2H,1H3;1-2H3/t24-;;/m0../s1. The highest BCUT2D eigenvalue weighted by Crippen LogP contribution is 2.27. The third kappa shape index (κ3) is 8.45. The predicted molar refractivity (Wildman–Crippen MR) is 188 cm³/mol. The molecule has 0 radical (unpaired) electrons. The molecule has 2 N–H and O–H groups in total. The number of rotatable bonds is 7. The number of fused-ring (bicyclic) bond motifs is 2. The van der Waals surface area contributed by atoms with Crippen LogP contribution in [0, 0.1) is 18.6 Å². The zero-order valence-electron chi connectivity index (χ0n) is 29.1. The summed E-state index contributed by atoms with van der Waals surface area (Å²) in [6, 6.07) is 6.77. The summed E-state index contributed by atoms with van der Waals surface area (Å²) >= 11 is 0. The van der Waals surface area contributed by atoms with Crippen molar-refractivity contribution in [2.45, 2.75) is 46.6 Å². The third-order valence-electron chi connectivity index (χ3n) is 8.10. The first-order valence-electron chi connectivity index (χ1n) is 16.4. The fraction of sp³-hybridized carbons (Fsp3) is 0.333. The zero-order chi connectivity index (χ0) is 38.3. The summed E-state index contributed by atoms with van der Waals surface area (Å²) in [5, 5.41) is 12.8. The lowest BCUT2D eigenvalue weighted by molar-refractivity contribution is -0.139. The molecule has 3 aromatic heterocycles. The molecular formula is C36H38F4N6O6. The summed E-state index contributed by atoms with van der Waals surface area (Å²) in [6.07, 6.45) is 1.22. The van der Waals surface area contributed by atoms with Gasteiger partial charge in [0, 0.05) is 43.8 Å². The minimum atomic E-state index is -2.17. The Morgan fingerprint density at radius 2 is 1.69 bits per heavy atom. The van der Waals surface area contributed by atoms with Gasteiger partial charge in [0.2, 0.25) is 6.43 Å². The number of alkyl halides is 2. The van der Waals surface area contributed by atoms with Crippen LogP contribution in [0.4, 0.5) is 23.2 Å². The number of halogens is 4. The van der Waals surface area contributed by atoms with Crippen LogP contribution in [0.1, 0.15) is 42.3 Å². The normalized spacial score (nSPS) is 13.2. The molecule has 4 heterocycles. The summed E-state index contributed by atoms with van der Waals surface area (Å²) in [7, 11) is 1.48. The lowest BCUT2D eigenvalue weighted by Gasteiger charge is -2.29. The van der Waals surface area contributed by atoms with E-state index in [0.717, 1.165) is 23.8 Å². The maximum absolute atomic E-state index is 15.3. The number of morpholine rings is 1. The van der Waals surface area contributed by atoms with Crippen LogP contribution in [0.3, 0.4) is 0 Å². The summed E-state index contributed by atoms with van der Waals surface area (Å²) in [4.78, 5) is 62.4. The van der Waals surface area contributed by atoms with E-state index in [1.54, 1.807) is 13.0 Å². The number of pyridine rings is 2. The number of carbonyl (C=O) groups excluding carboxylic acids is 1. The van der Waals surface area contributed by atoms with E-state index in [-0.39, 0.29) is 39.5 Å². The van der Waals surface area contributed by atoms with Crippen molar-refractivity contribution in [2.24, 2.45) is 7.05 Å². The molecule has 1 fully saturated rings. The number of anilines is 1. The highest BCUT2D eigenvalue weighted by Gasteiger charge is 2.27. The van der Waals surface area contributed by atoms with E-state index < -0.39 is 47.2 Å². The van der Waals surface area contributed by atoms with Gasteiger partial charge < -0.3 is 20.1 Å². The van der Waals surface area contributed by atoms with Crippen molar-refractivity contribution in [3.8, 4) is 5.69 Å². The second kappa shape index (κ2) is 17.0. The van der Waals surface area contributed by atoms with Gasteiger partial charge in [-0.1, -0.05) is 19.9 Å². The van der Waals surface area contributed by atoms with Crippen LogP contribution < -0.4 is 21.5 Å². The van der Waals surface area contributed by atoms with E-state index >= 15 is 4.39 Å². The zero-order valence-corrected chi connectivity index (χ0v) is 29.1. The first-order valence-corrected chi connectivity index (χ1v) is 16.4. The van der Waals surface area contributed by atoms with Gasteiger partial charge in [-0.15, -0.1) is 0 Å². The van der Waals surface area contributed by atoms with Crippen molar-refractivity contribution >= 4 is 39.4 Å². The van der Waals surface area contributed by atoms with Crippen molar-refractivity contribution in [1.29, 1.82) is 0 Å². The van der Waals surface area contributed by atoms with Crippen LogP contribution in [-0.4, -0.2) is 74.9 Å². The van der Waals surface area contributed by atoms with Crippen LogP contribution in [0.15, 0.2) is 64.6 Å². The number of aryl methyl sites for hydroxylation is 2. The Labute approximate surface area is 295 Å². The van der Waals surface area contributed by atoms with E-state index in [2.05, 4.69) is 15.3 Å². The molecule has 5 aromatic rings. The SMILES string of the molecule is CC.CC(F)F.Cc1cc(N2CCOCC2)cc(F)c1C(=O)N[C@@H](Cc1ccc(-n2c(=O)c3ccncc3n(C)c2=O)c2ncc(F)cc12)C(=O)O. The molecule has 0 saturated carbocycles. The van der Waals surface area contributed by atoms with E-state index in [9.17, 15) is 37.5 Å². The van der Waals surface area contributed by atoms with Gasteiger partial charge in [0.1, 0.15) is 17.7 Å². The maximum atomic E-state index is 15.3. The fourth-order valence-electron chi connectivity index (χ4n) is 5.77. The average Bonchev–Trinajstić information content (AvgIpc) is 3.11. The Balaban J connectivity index is 0.000000944. The first kappa shape index (κ1) is 39.2. The summed E-state index contributed by atoms with van der Waals surface area (Å²) < 4.78 is 58.0. The Morgan fingerprint density at radius 3 is 2.33 bits per heavy atom. The van der Waals surface area contributed by atoms with Crippen LogP contribution in [0.2, 0.25) is 0 Å². The van der Waals surface area contributed by atoms with Gasteiger partial charge in [0.25, 0.3) is 11.5 Å². The van der Waals surface area contributed by atoms with Crippen molar-refractivity contribution in [3.05, 3.63) is 104 Å². The number of carboxylic acids is 1. The second-order valence-corrected chi connectivity index (χ2v) is 11.5. The van der Waals surface area contributed by atoms with E-state index in [4.69, 9.17) is 4.74 Å². The Kier molecular flexibility index (Phi) is 12.8. The number of aromatic nitrogens is 4. The van der Waals surface area contributed by atoms with Crippen molar-refractivity contribution < 1.29 is 37.0 Å². The molecule has 16 heteroatoms. The number of ether oxygens (including phenoxy) is 1. The summed E-state index contributed by atoms with van der Waals surface area (Å²) in [6.45, 7) is 8.51. The van der Waals surface area contributed by atoms with Crippen LogP contribution in [0.5, 0.6) is 0 Å². The molecule has 52 heavy (non-hydrogen) atoms. The smallest absolute Gasteiger partial charge is 0.335 e. The lowest BCUT2D eigenvalue weighted by Crippen LogP contribution is -2.43. The molecule has 1 aliphatic rings. The molecule has 1 aliphatic heterocycles. The van der Waals surface area contributed by atoms with Crippen molar-refractivity contribution in [2.75, 3.05) is 31.2 Å². The van der Waals surface area contributed by atoms with E-state index in [1.807, 2.05) is 18.7 Å². The molecular weight excluding hydrogens is 688 g/mol. The summed E-state index contributed by atoms with van der Waals surface area (Å²) in [5.74, 6) is -3.89. The molecule has 12 nitrogen and oxygen atoms in total. The van der Waals surface area contributed by atoms with Crippen LogP contribution in [-0.2, 0) is 23.0 Å². The quantitative estimate of drug-likeness (QED) is 0.226. The van der Waals surface area contributed by atoms with E-state index in [1.165, 1.54) is 48.3 Å². The largest absolute Gasteiger partial charge is 0.480 e. The third-order valence-corrected chi connectivity index (χ3v) is 8.10. The molecule has 0 unspecified atom stereocenters.